The van der Waals surface area contributed by atoms with Crippen LogP contribution in [0.2, 0.25) is 0 Å². The van der Waals surface area contributed by atoms with Gasteiger partial charge in [0.15, 0.2) is 10.3 Å². The maximum Gasteiger partial charge on any atom is 0.350 e. The molecule has 0 spiro atoms. The molecule has 0 atom stereocenters. The Hall–Kier alpha value is -3.28. The molecule has 0 radical (unpaired) electrons. The molecule has 0 aliphatic carbocycles. The average Bonchev–Trinajstić information content (AvgIpc) is 3.23. The van der Waals surface area contributed by atoms with Crippen LogP contribution in [0.4, 0.5) is 0 Å². The van der Waals surface area contributed by atoms with E-state index in [9.17, 15) is 0 Å². The molecule has 6 nitrogen and oxygen atoms in total. The summed E-state index contributed by atoms with van der Waals surface area (Å²) >= 11 is 0. The fourth-order valence-electron chi connectivity index (χ4n) is 2.70. The lowest BCUT2D eigenvalue weighted by Gasteiger charge is -2.06. The van der Waals surface area contributed by atoms with E-state index in [-0.39, 0.29) is 0 Å². The zero-order valence-electron chi connectivity index (χ0n) is 13.4. The molecule has 0 bridgehead atoms. The second-order valence-electron chi connectivity index (χ2n) is 5.54. The van der Waals surface area contributed by atoms with Gasteiger partial charge < -0.3 is 0 Å². The molecule has 2 aromatic heterocycles. The first kappa shape index (κ1) is 14.3. The standard InChI is InChI=1S/C18H16N4O2/c1-13-19-23-11-21(13)17-8-16(15-6-4-3-5-7-15)9-18(10-17)22-12-24-20-14(22)2/h3-12H,1-2H3/q+2. The molecule has 118 valence electrons. The Morgan fingerprint density at radius 2 is 1.25 bits per heavy atom. The van der Waals surface area contributed by atoms with Gasteiger partial charge >= 0.3 is 24.4 Å². The van der Waals surface area contributed by atoms with Crippen molar-refractivity contribution in [2.75, 3.05) is 0 Å². The predicted octanol–water partition coefficient (Wildman–Crippen LogP) is 2.50. The molecule has 4 aromatic rings. The summed E-state index contributed by atoms with van der Waals surface area (Å²) in [4.78, 5) is 0. The first-order chi connectivity index (χ1) is 11.7. The van der Waals surface area contributed by atoms with Crippen LogP contribution in [0.5, 0.6) is 0 Å². The average molecular weight is 320 g/mol. The number of nitrogens with zero attached hydrogens (tertiary/aromatic N) is 4. The molecule has 6 heteroatoms. The van der Waals surface area contributed by atoms with Crippen molar-refractivity contribution >= 4 is 0 Å². The van der Waals surface area contributed by atoms with Gasteiger partial charge in [-0.3, -0.25) is 0 Å². The Balaban J connectivity index is 1.95. The number of aryl methyl sites for hydroxylation is 2. The molecular formula is C18H16N4O2+2. The molecule has 2 heterocycles. The number of hydrogen-bond donors (Lipinski definition) is 0. The summed E-state index contributed by atoms with van der Waals surface area (Å²) in [5.41, 5.74) is 4.13. The van der Waals surface area contributed by atoms with Gasteiger partial charge in [-0.15, -0.1) is 0 Å². The predicted molar refractivity (Wildman–Crippen MR) is 84.5 cm³/mol. The Kier molecular flexibility index (Phi) is 3.42. The summed E-state index contributed by atoms with van der Waals surface area (Å²) in [6.07, 6.45) is 3.18. The molecule has 2 aromatic carbocycles. The highest BCUT2D eigenvalue weighted by molar-refractivity contribution is 5.67. The van der Waals surface area contributed by atoms with E-state index in [1.54, 1.807) is 12.8 Å². The lowest BCUT2D eigenvalue weighted by molar-refractivity contribution is -0.614. The van der Waals surface area contributed by atoms with Crippen molar-refractivity contribution in [1.29, 1.82) is 0 Å². The van der Waals surface area contributed by atoms with Crippen molar-refractivity contribution in [3.63, 3.8) is 0 Å². The minimum absolute atomic E-state index is 0.776. The van der Waals surface area contributed by atoms with Gasteiger partial charge in [0.25, 0.3) is 0 Å². The molecule has 0 saturated heterocycles. The van der Waals surface area contributed by atoms with Crippen LogP contribution in [-0.2, 0) is 0 Å². The monoisotopic (exact) mass is 320 g/mol. The van der Waals surface area contributed by atoms with Crippen LogP contribution in [-0.4, -0.2) is 10.3 Å². The molecule has 0 unspecified atom stereocenters. The summed E-state index contributed by atoms with van der Waals surface area (Å²) in [5.74, 6) is 1.55. The first-order valence-corrected chi connectivity index (χ1v) is 7.59. The van der Waals surface area contributed by atoms with E-state index in [0.29, 0.717) is 0 Å². The van der Waals surface area contributed by atoms with Crippen molar-refractivity contribution in [1.82, 2.24) is 10.3 Å². The summed E-state index contributed by atoms with van der Waals surface area (Å²) in [7, 11) is 0. The van der Waals surface area contributed by atoms with Crippen molar-refractivity contribution in [3.8, 4) is 22.5 Å². The van der Waals surface area contributed by atoms with E-state index >= 15 is 0 Å². The van der Waals surface area contributed by atoms with Crippen LogP contribution >= 0.6 is 0 Å². The van der Waals surface area contributed by atoms with Crippen molar-refractivity contribution < 1.29 is 18.2 Å². The highest BCUT2D eigenvalue weighted by Gasteiger charge is 2.20. The van der Waals surface area contributed by atoms with E-state index in [1.807, 2.05) is 47.2 Å². The van der Waals surface area contributed by atoms with E-state index in [4.69, 9.17) is 9.05 Å². The third-order valence-electron chi connectivity index (χ3n) is 3.94. The second-order valence-corrected chi connectivity index (χ2v) is 5.54. The van der Waals surface area contributed by atoms with Crippen molar-refractivity contribution in [3.05, 3.63) is 73.0 Å². The fourth-order valence-corrected chi connectivity index (χ4v) is 2.70. The van der Waals surface area contributed by atoms with E-state index in [0.717, 1.165) is 34.2 Å². The zero-order valence-corrected chi connectivity index (χ0v) is 13.4. The summed E-state index contributed by atoms with van der Waals surface area (Å²) in [5, 5.41) is 7.91. The molecule has 0 aliphatic rings. The molecule has 4 rings (SSSR count). The van der Waals surface area contributed by atoms with Crippen LogP contribution < -0.4 is 9.13 Å². The van der Waals surface area contributed by atoms with Gasteiger partial charge in [-0.2, -0.15) is 9.13 Å². The maximum atomic E-state index is 5.07. The zero-order chi connectivity index (χ0) is 16.5. The number of rotatable bonds is 3. The SMILES string of the molecule is Cc1noc[n+]1-c1cc(-c2ccccc2)cc(-[n+]2conc2C)c1. The Morgan fingerprint density at radius 1 is 0.708 bits per heavy atom. The smallest absolute Gasteiger partial charge is 0.221 e. The minimum atomic E-state index is 0.776. The second kappa shape index (κ2) is 5.73. The Morgan fingerprint density at radius 3 is 1.71 bits per heavy atom. The number of aromatic nitrogens is 4. The molecule has 0 fully saturated rings. The van der Waals surface area contributed by atoms with Gasteiger partial charge in [0, 0.05) is 19.9 Å². The highest BCUT2D eigenvalue weighted by atomic mass is 16.5. The Labute approximate surface area is 138 Å². The van der Waals surface area contributed by atoms with E-state index < -0.39 is 0 Å². The Bertz CT molecular complexity index is 931. The fraction of sp³-hybridized carbons (Fsp3) is 0.111. The van der Waals surface area contributed by atoms with Gasteiger partial charge in [-0.25, -0.2) is 9.05 Å². The van der Waals surface area contributed by atoms with Gasteiger partial charge in [0.1, 0.15) is 11.4 Å². The topological polar surface area (TPSA) is 59.8 Å². The van der Waals surface area contributed by atoms with Gasteiger partial charge in [0.2, 0.25) is 0 Å². The summed E-state index contributed by atoms with van der Waals surface area (Å²) < 4.78 is 14.0. The molecular weight excluding hydrogens is 304 g/mol. The summed E-state index contributed by atoms with van der Waals surface area (Å²) in [6, 6.07) is 16.5. The molecule has 0 amide bonds. The quantitative estimate of drug-likeness (QED) is 0.544. The van der Waals surface area contributed by atoms with Crippen LogP contribution in [0.3, 0.4) is 0 Å². The van der Waals surface area contributed by atoms with Crippen molar-refractivity contribution in [2.24, 2.45) is 0 Å². The number of hydrogen-bond acceptors (Lipinski definition) is 4. The molecule has 0 saturated carbocycles. The van der Waals surface area contributed by atoms with E-state index in [1.165, 1.54) is 0 Å². The minimum Gasteiger partial charge on any atom is -0.221 e. The van der Waals surface area contributed by atoms with Crippen LogP contribution in [0.15, 0.2) is 70.4 Å². The lowest BCUT2D eigenvalue weighted by atomic mass is 10.0. The highest BCUT2D eigenvalue weighted by Crippen LogP contribution is 2.23. The molecule has 0 aliphatic heterocycles. The van der Waals surface area contributed by atoms with Gasteiger partial charge in [0.05, 0.1) is 0 Å². The normalized spacial score (nSPS) is 10.9. The number of benzene rings is 2. The molecule has 0 N–H and O–H groups in total. The van der Waals surface area contributed by atoms with Crippen LogP contribution in [0.25, 0.3) is 22.5 Å². The van der Waals surface area contributed by atoms with E-state index in [2.05, 4.69) is 34.6 Å². The van der Waals surface area contributed by atoms with Gasteiger partial charge in [-0.1, -0.05) is 30.3 Å². The first-order valence-electron chi connectivity index (χ1n) is 7.59. The van der Waals surface area contributed by atoms with Gasteiger partial charge in [-0.05, 0) is 23.3 Å². The van der Waals surface area contributed by atoms with Crippen molar-refractivity contribution in [2.45, 2.75) is 13.8 Å². The lowest BCUT2D eigenvalue weighted by Crippen LogP contribution is -2.35. The molecule has 24 heavy (non-hydrogen) atoms. The third-order valence-corrected chi connectivity index (χ3v) is 3.94. The largest absolute Gasteiger partial charge is 0.350 e. The van der Waals surface area contributed by atoms with Crippen LogP contribution in [0, 0.1) is 13.8 Å². The maximum absolute atomic E-state index is 5.07. The summed E-state index contributed by atoms with van der Waals surface area (Å²) in [6.45, 7) is 3.80. The third kappa shape index (κ3) is 2.48. The van der Waals surface area contributed by atoms with Crippen LogP contribution in [0.1, 0.15) is 11.6 Å².